The molecular weight excluding hydrogens is 207 g/mol. The number of hydrogen-bond donors (Lipinski definition) is 4. The quantitative estimate of drug-likeness (QED) is 0.431. The van der Waals surface area contributed by atoms with E-state index in [0.29, 0.717) is 6.32 Å². The Kier molecular flexibility index (Phi) is 7.96. The maximum Gasteiger partial charge on any atom is 0.455 e. The van der Waals surface area contributed by atoms with E-state index in [2.05, 4.69) is 0 Å². The Morgan fingerprint density at radius 3 is 1.38 bits per heavy atom. The van der Waals surface area contributed by atoms with E-state index >= 15 is 0 Å². The van der Waals surface area contributed by atoms with Gasteiger partial charge in [0.15, 0.2) is 0 Å². The van der Waals surface area contributed by atoms with E-state index in [4.69, 9.17) is 20.3 Å². The lowest BCUT2D eigenvalue weighted by Gasteiger charge is -2.31. The molecule has 0 amide bonds. The molecule has 0 aliphatic heterocycles. The molecular formula is C11H25BO4. The lowest BCUT2D eigenvalue weighted by Crippen LogP contribution is -2.44. The Labute approximate surface area is 98.8 Å². The van der Waals surface area contributed by atoms with Gasteiger partial charge in [-0.25, -0.2) is 0 Å². The van der Waals surface area contributed by atoms with Crippen LogP contribution in [0.25, 0.3) is 0 Å². The van der Waals surface area contributed by atoms with Gasteiger partial charge in [0.2, 0.25) is 0 Å². The predicted octanol–water partition coefficient (Wildman–Crippen LogP) is 0.954. The Morgan fingerprint density at radius 1 is 1.00 bits per heavy atom. The van der Waals surface area contributed by atoms with E-state index in [0.717, 1.165) is 5.57 Å². The Morgan fingerprint density at radius 2 is 1.31 bits per heavy atom. The van der Waals surface area contributed by atoms with Gasteiger partial charge in [0, 0.05) is 6.32 Å². The van der Waals surface area contributed by atoms with E-state index in [9.17, 15) is 0 Å². The van der Waals surface area contributed by atoms with Crippen LogP contribution in [0, 0.1) is 0 Å². The van der Waals surface area contributed by atoms with Crippen LogP contribution in [0.5, 0.6) is 0 Å². The van der Waals surface area contributed by atoms with Crippen LogP contribution in [0.15, 0.2) is 11.6 Å². The minimum Gasteiger partial charge on any atom is -0.427 e. The first-order valence-electron chi connectivity index (χ1n) is 5.32. The van der Waals surface area contributed by atoms with Gasteiger partial charge in [0.1, 0.15) is 0 Å². The number of hydrogen-bond acceptors (Lipinski definition) is 4. The average molecular weight is 232 g/mol. The highest BCUT2D eigenvalue weighted by Crippen LogP contribution is 2.19. The Bertz CT molecular complexity index is 195. The van der Waals surface area contributed by atoms with Crippen LogP contribution in [-0.2, 0) is 0 Å². The summed E-state index contributed by atoms with van der Waals surface area (Å²) in [6, 6.07) is 0. The van der Waals surface area contributed by atoms with Crippen molar-refractivity contribution in [3.8, 4) is 0 Å². The molecule has 0 saturated heterocycles. The molecule has 5 heteroatoms. The smallest absolute Gasteiger partial charge is 0.427 e. The van der Waals surface area contributed by atoms with E-state index < -0.39 is 18.3 Å². The maximum atomic E-state index is 9.10. The molecule has 0 aromatic carbocycles. The standard InChI is InChI=1S/C6H14O2.C5H11BO2/c1-5(2,7)6(3,4)8;1-5(2)3-4-6(7)8/h7-8H,1-4H3;3,7-8H,4H2,1-2H3. The molecule has 0 aliphatic carbocycles. The van der Waals surface area contributed by atoms with Gasteiger partial charge < -0.3 is 20.3 Å². The zero-order chi connectivity index (χ0) is 13.6. The van der Waals surface area contributed by atoms with Gasteiger partial charge in [-0.15, -0.1) is 0 Å². The number of aliphatic hydroxyl groups is 2. The van der Waals surface area contributed by atoms with Crippen LogP contribution in [-0.4, -0.2) is 38.6 Å². The highest BCUT2D eigenvalue weighted by atomic mass is 16.4. The summed E-state index contributed by atoms with van der Waals surface area (Å²) in [6.07, 6.45) is 2.12. The fourth-order valence-electron chi connectivity index (χ4n) is 0.341. The average Bonchev–Trinajstić information content (AvgIpc) is 1.98. The summed E-state index contributed by atoms with van der Waals surface area (Å²) in [5.74, 6) is 0. The molecule has 0 saturated carbocycles. The molecule has 0 heterocycles. The third kappa shape index (κ3) is 11.7. The molecule has 0 fully saturated rings. The van der Waals surface area contributed by atoms with E-state index in [1.54, 1.807) is 33.8 Å². The summed E-state index contributed by atoms with van der Waals surface area (Å²) < 4.78 is 0. The van der Waals surface area contributed by atoms with Gasteiger partial charge in [-0.1, -0.05) is 11.6 Å². The van der Waals surface area contributed by atoms with Crippen molar-refractivity contribution in [3.63, 3.8) is 0 Å². The van der Waals surface area contributed by atoms with Crippen molar-refractivity contribution < 1.29 is 20.3 Å². The van der Waals surface area contributed by atoms with Gasteiger partial charge in [-0.05, 0) is 41.5 Å². The molecule has 0 rings (SSSR count). The minimum absolute atomic E-state index is 0.336. The largest absolute Gasteiger partial charge is 0.455 e. The summed E-state index contributed by atoms with van der Waals surface area (Å²) in [4.78, 5) is 0. The van der Waals surface area contributed by atoms with Gasteiger partial charge in [0.25, 0.3) is 0 Å². The van der Waals surface area contributed by atoms with Gasteiger partial charge in [-0.3, -0.25) is 0 Å². The molecule has 96 valence electrons. The third-order valence-corrected chi connectivity index (χ3v) is 2.23. The SMILES string of the molecule is CC(C)(O)C(C)(C)O.CC(C)=CCB(O)O. The lowest BCUT2D eigenvalue weighted by molar-refractivity contribution is -0.107. The second-order valence-electron chi connectivity index (χ2n) is 5.12. The Balaban J connectivity index is 0. The summed E-state index contributed by atoms with van der Waals surface area (Å²) in [7, 11) is -1.19. The third-order valence-electron chi connectivity index (χ3n) is 2.23. The van der Waals surface area contributed by atoms with Crippen LogP contribution in [0.4, 0.5) is 0 Å². The van der Waals surface area contributed by atoms with Crippen LogP contribution in [0.2, 0.25) is 6.32 Å². The van der Waals surface area contributed by atoms with Crippen molar-refractivity contribution >= 4 is 7.12 Å². The second-order valence-corrected chi connectivity index (χ2v) is 5.12. The predicted molar refractivity (Wildman–Crippen MR) is 67.0 cm³/mol. The molecule has 0 bridgehead atoms. The van der Waals surface area contributed by atoms with Crippen molar-refractivity contribution in [3.05, 3.63) is 11.6 Å². The summed E-state index contributed by atoms with van der Waals surface area (Å²) in [6.45, 7) is 10.1. The fourth-order valence-corrected chi connectivity index (χ4v) is 0.341. The first-order valence-corrected chi connectivity index (χ1v) is 5.32. The molecule has 0 atom stereocenters. The minimum atomic E-state index is -1.19. The highest BCUT2D eigenvalue weighted by Gasteiger charge is 2.31. The number of allylic oxidation sites excluding steroid dienone is 2. The van der Waals surface area contributed by atoms with Crippen LogP contribution >= 0.6 is 0 Å². The van der Waals surface area contributed by atoms with E-state index in [1.807, 2.05) is 13.8 Å². The zero-order valence-corrected chi connectivity index (χ0v) is 11.2. The second kappa shape index (κ2) is 7.07. The van der Waals surface area contributed by atoms with Crippen LogP contribution in [0.1, 0.15) is 41.5 Å². The van der Waals surface area contributed by atoms with Crippen molar-refractivity contribution in [1.82, 2.24) is 0 Å². The molecule has 0 aromatic rings. The van der Waals surface area contributed by atoms with Crippen LogP contribution < -0.4 is 0 Å². The molecule has 0 radical (unpaired) electrons. The van der Waals surface area contributed by atoms with Gasteiger partial charge in [0.05, 0.1) is 11.2 Å². The fraction of sp³-hybridized carbons (Fsp3) is 0.818. The maximum absolute atomic E-state index is 9.10. The van der Waals surface area contributed by atoms with Gasteiger partial charge in [-0.2, -0.15) is 0 Å². The molecule has 0 spiro atoms. The Hall–Kier alpha value is -0.355. The highest BCUT2D eigenvalue weighted by molar-refractivity contribution is 6.41. The van der Waals surface area contributed by atoms with Crippen LogP contribution in [0.3, 0.4) is 0 Å². The molecule has 4 nitrogen and oxygen atoms in total. The lowest BCUT2D eigenvalue weighted by atomic mass is 9.86. The monoisotopic (exact) mass is 232 g/mol. The van der Waals surface area contributed by atoms with Crippen molar-refractivity contribution in [1.29, 1.82) is 0 Å². The summed E-state index contributed by atoms with van der Waals surface area (Å²) in [5.41, 5.74) is -0.905. The van der Waals surface area contributed by atoms with Crippen molar-refractivity contribution in [2.75, 3.05) is 0 Å². The molecule has 0 aliphatic rings. The first kappa shape index (κ1) is 18.0. The molecule has 0 unspecified atom stereocenters. The number of rotatable bonds is 3. The summed E-state index contributed by atoms with van der Waals surface area (Å²) in [5, 5.41) is 34.8. The first-order chi connectivity index (χ1) is 6.88. The molecule has 0 aromatic heterocycles. The summed E-state index contributed by atoms with van der Waals surface area (Å²) >= 11 is 0. The topological polar surface area (TPSA) is 80.9 Å². The van der Waals surface area contributed by atoms with Crippen molar-refractivity contribution in [2.24, 2.45) is 0 Å². The molecule has 16 heavy (non-hydrogen) atoms. The van der Waals surface area contributed by atoms with E-state index in [1.165, 1.54) is 0 Å². The normalized spacial score (nSPS) is 11.4. The van der Waals surface area contributed by atoms with Crippen molar-refractivity contribution in [2.45, 2.75) is 59.1 Å². The van der Waals surface area contributed by atoms with Gasteiger partial charge >= 0.3 is 7.12 Å². The van der Waals surface area contributed by atoms with E-state index in [-0.39, 0.29) is 0 Å². The zero-order valence-electron chi connectivity index (χ0n) is 11.2. The molecule has 4 N–H and O–H groups in total.